The molecular weight excluding hydrogens is 244 g/mol. The fraction of sp³-hybridized carbons (Fsp3) is 0.385. The molecule has 6 heteroatoms. The molecule has 1 aromatic carbocycles. The van der Waals surface area contributed by atoms with Crippen LogP contribution in [0.2, 0.25) is 0 Å². The largest absolute Gasteiger partial charge is 0.397 e. The molecule has 1 heterocycles. The number of nitrogens with two attached hydrogens (primary N) is 1. The second-order valence-corrected chi connectivity index (χ2v) is 4.48. The topological polar surface area (TPSA) is 87.5 Å². The summed E-state index contributed by atoms with van der Waals surface area (Å²) < 4.78 is 0. The van der Waals surface area contributed by atoms with Crippen molar-refractivity contribution in [2.75, 3.05) is 37.3 Å². The molecule has 2 rings (SSSR count). The standard InChI is InChI=1S/C13H18N4O2/c1-15-13(19)9-3-4-11(10(14)7-9)17-6-2-5-16-12(18)8-17/h3-4,7H,2,5-6,8,14H2,1H3,(H,15,19)(H,16,18). The summed E-state index contributed by atoms with van der Waals surface area (Å²) in [5.74, 6) is -0.181. The Labute approximate surface area is 112 Å². The number of nitrogens with zero attached hydrogens (tertiary/aromatic N) is 1. The third kappa shape index (κ3) is 2.96. The van der Waals surface area contributed by atoms with Crippen molar-refractivity contribution >= 4 is 23.2 Å². The van der Waals surface area contributed by atoms with E-state index in [1.807, 2.05) is 4.90 Å². The molecule has 19 heavy (non-hydrogen) atoms. The van der Waals surface area contributed by atoms with Gasteiger partial charge in [-0.25, -0.2) is 0 Å². The van der Waals surface area contributed by atoms with Crippen molar-refractivity contribution in [3.63, 3.8) is 0 Å². The Kier molecular flexibility index (Phi) is 3.89. The highest BCUT2D eigenvalue weighted by Gasteiger charge is 2.17. The molecule has 0 spiro atoms. The van der Waals surface area contributed by atoms with Gasteiger partial charge in [-0.05, 0) is 24.6 Å². The zero-order valence-electron chi connectivity index (χ0n) is 10.9. The number of amides is 2. The molecule has 1 saturated heterocycles. The minimum Gasteiger partial charge on any atom is -0.397 e. The molecule has 0 aromatic heterocycles. The molecule has 0 radical (unpaired) electrons. The zero-order chi connectivity index (χ0) is 13.8. The minimum absolute atomic E-state index is 0.00715. The molecule has 102 valence electrons. The van der Waals surface area contributed by atoms with Crippen molar-refractivity contribution in [2.24, 2.45) is 0 Å². The number of carbonyl (C=O) groups is 2. The molecule has 1 aliphatic rings. The van der Waals surface area contributed by atoms with Crippen LogP contribution in [0, 0.1) is 0 Å². The van der Waals surface area contributed by atoms with Gasteiger partial charge in [-0.1, -0.05) is 0 Å². The maximum Gasteiger partial charge on any atom is 0.251 e. The van der Waals surface area contributed by atoms with E-state index in [0.717, 1.165) is 18.7 Å². The minimum atomic E-state index is -0.174. The molecule has 0 bridgehead atoms. The summed E-state index contributed by atoms with van der Waals surface area (Å²) in [6, 6.07) is 5.14. The lowest BCUT2D eigenvalue weighted by molar-refractivity contribution is -0.119. The molecule has 1 aromatic rings. The number of carbonyl (C=O) groups excluding carboxylic acids is 2. The first-order chi connectivity index (χ1) is 9.11. The van der Waals surface area contributed by atoms with Crippen LogP contribution < -0.4 is 21.3 Å². The Balaban J connectivity index is 2.24. The van der Waals surface area contributed by atoms with Crippen molar-refractivity contribution in [1.82, 2.24) is 10.6 Å². The smallest absolute Gasteiger partial charge is 0.251 e. The van der Waals surface area contributed by atoms with E-state index >= 15 is 0 Å². The fourth-order valence-electron chi connectivity index (χ4n) is 2.14. The summed E-state index contributed by atoms with van der Waals surface area (Å²) in [5, 5.41) is 5.37. The summed E-state index contributed by atoms with van der Waals surface area (Å²) >= 11 is 0. The van der Waals surface area contributed by atoms with Gasteiger partial charge >= 0.3 is 0 Å². The van der Waals surface area contributed by atoms with Gasteiger partial charge in [-0.2, -0.15) is 0 Å². The highest BCUT2D eigenvalue weighted by molar-refractivity contribution is 5.96. The lowest BCUT2D eigenvalue weighted by Crippen LogP contribution is -2.33. The number of hydrogen-bond donors (Lipinski definition) is 3. The Bertz CT molecular complexity index is 501. The highest BCUT2D eigenvalue weighted by Crippen LogP contribution is 2.25. The molecule has 0 saturated carbocycles. The monoisotopic (exact) mass is 262 g/mol. The first kappa shape index (κ1) is 13.2. The van der Waals surface area contributed by atoms with Crippen molar-refractivity contribution < 1.29 is 9.59 Å². The van der Waals surface area contributed by atoms with Crippen molar-refractivity contribution in [3.05, 3.63) is 23.8 Å². The lowest BCUT2D eigenvalue weighted by Gasteiger charge is -2.23. The molecule has 0 aliphatic carbocycles. The van der Waals surface area contributed by atoms with Gasteiger partial charge < -0.3 is 21.3 Å². The van der Waals surface area contributed by atoms with Crippen LogP contribution >= 0.6 is 0 Å². The van der Waals surface area contributed by atoms with Gasteiger partial charge in [0.15, 0.2) is 0 Å². The van der Waals surface area contributed by atoms with Crippen LogP contribution in [0.15, 0.2) is 18.2 Å². The van der Waals surface area contributed by atoms with Crippen LogP contribution in [0.3, 0.4) is 0 Å². The maximum atomic E-state index is 11.5. The predicted octanol–water partition coefficient (Wildman–Crippen LogP) is -0.0453. The lowest BCUT2D eigenvalue weighted by atomic mass is 10.1. The summed E-state index contributed by atoms with van der Waals surface area (Å²) in [6.45, 7) is 1.75. The summed E-state index contributed by atoms with van der Waals surface area (Å²) in [4.78, 5) is 25.0. The van der Waals surface area contributed by atoms with E-state index in [4.69, 9.17) is 5.73 Å². The molecule has 1 fully saturated rings. The molecule has 0 unspecified atom stereocenters. The van der Waals surface area contributed by atoms with E-state index in [1.54, 1.807) is 25.2 Å². The van der Waals surface area contributed by atoms with Crippen LogP contribution in [-0.4, -0.2) is 38.5 Å². The predicted molar refractivity (Wildman–Crippen MR) is 74.1 cm³/mol. The molecular formula is C13H18N4O2. The average molecular weight is 262 g/mol. The quantitative estimate of drug-likeness (QED) is 0.652. The van der Waals surface area contributed by atoms with Gasteiger partial charge in [-0.15, -0.1) is 0 Å². The van der Waals surface area contributed by atoms with Gasteiger partial charge in [0.25, 0.3) is 5.91 Å². The van der Waals surface area contributed by atoms with Gasteiger partial charge in [0.2, 0.25) is 5.91 Å². The molecule has 2 amide bonds. The summed E-state index contributed by atoms with van der Waals surface area (Å²) in [5.41, 5.74) is 7.81. The van der Waals surface area contributed by atoms with Crippen LogP contribution in [0.1, 0.15) is 16.8 Å². The van der Waals surface area contributed by atoms with E-state index in [2.05, 4.69) is 10.6 Å². The van der Waals surface area contributed by atoms with E-state index in [1.165, 1.54) is 0 Å². The summed E-state index contributed by atoms with van der Waals surface area (Å²) in [7, 11) is 1.57. The first-order valence-electron chi connectivity index (χ1n) is 6.25. The Morgan fingerprint density at radius 1 is 1.47 bits per heavy atom. The van der Waals surface area contributed by atoms with Crippen molar-refractivity contribution in [2.45, 2.75) is 6.42 Å². The number of rotatable bonds is 2. The van der Waals surface area contributed by atoms with Crippen LogP contribution in [0.4, 0.5) is 11.4 Å². The van der Waals surface area contributed by atoms with E-state index in [0.29, 0.717) is 24.3 Å². The number of hydrogen-bond acceptors (Lipinski definition) is 4. The van der Waals surface area contributed by atoms with Gasteiger partial charge in [0, 0.05) is 25.7 Å². The maximum absolute atomic E-state index is 11.5. The second kappa shape index (κ2) is 5.60. The molecule has 0 atom stereocenters. The normalized spacial score (nSPS) is 15.6. The SMILES string of the molecule is CNC(=O)c1ccc(N2CCCNC(=O)C2)c(N)c1. The van der Waals surface area contributed by atoms with E-state index < -0.39 is 0 Å². The van der Waals surface area contributed by atoms with Crippen molar-refractivity contribution in [1.29, 1.82) is 0 Å². The van der Waals surface area contributed by atoms with Crippen LogP contribution in [-0.2, 0) is 4.79 Å². The highest BCUT2D eigenvalue weighted by atomic mass is 16.2. The fourth-order valence-corrected chi connectivity index (χ4v) is 2.14. The van der Waals surface area contributed by atoms with Gasteiger partial charge in [0.1, 0.15) is 0 Å². The first-order valence-corrected chi connectivity index (χ1v) is 6.25. The van der Waals surface area contributed by atoms with Crippen LogP contribution in [0.5, 0.6) is 0 Å². The molecule has 6 nitrogen and oxygen atoms in total. The number of anilines is 2. The van der Waals surface area contributed by atoms with E-state index in [-0.39, 0.29) is 11.8 Å². The van der Waals surface area contributed by atoms with Crippen molar-refractivity contribution in [3.8, 4) is 0 Å². The molecule has 4 N–H and O–H groups in total. The molecule has 1 aliphatic heterocycles. The number of nitrogens with one attached hydrogen (secondary N) is 2. The second-order valence-electron chi connectivity index (χ2n) is 4.48. The Morgan fingerprint density at radius 3 is 2.95 bits per heavy atom. The number of benzene rings is 1. The third-order valence-electron chi connectivity index (χ3n) is 3.12. The Morgan fingerprint density at radius 2 is 2.26 bits per heavy atom. The summed E-state index contributed by atoms with van der Waals surface area (Å²) in [6.07, 6.45) is 0.877. The Hall–Kier alpha value is -2.24. The van der Waals surface area contributed by atoms with Gasteiger partial charge in [-0.3, -0.25) is 9.59 Å². The van der Waals surface area contributed by atoms with Crippen LogP contribution in [0.25, 0.3) is 0 Å². The third-order valence-corrected chi connectivity index (χ3v) is 3.12. The van der Waals surface area contributed by atoms with Gasteiger partial charge in [0.05, 0.1) is 17.9 Å². The zero-order valence-corrected chi connectivity index (χ0v) is 10.9. The average Bonchev–Trinajstić information content (AvgIpc) is 2.62. The number of nitrogen functional groups attached to an aromatic ring is 1. The van der Waals surface area contributed by atoms with E-state index in [9.17, 15) is 9.59 Å².